The van der Waals surface area contributed by atoms with E-state index in [1.807, 2.05) is 0 Å². The van der Waals surface area contributed by atoms with Gasteiger partial charge in [-0.25, -0.2) is 10.1 Å². The van der Waals surface area contributed by atoms with Gasteiger partial charge in [0.1, 0.15) is 0 Å². The van der Waals surface area contributed by atoms with Crippen molar-refractivity contribution in [3.63, 3.8) is 0 Å². The Morgan fingerprint density at radius 2 is 1.74 bits per heavy atom. The molecule has 11 N–H and O–H groups in total. The number of hydrogen-bond acceptors (Lipinski definition) is 6. The van der Waals surface area contributed by atoms with Crippen LogP contribution in [0.5, 0.6) is 0 Å². The number of aromatic nitrogens is 5. The van der Waals surface area contributed by atoms with Gasteiger partial charge in [0.05, 0.1) is 15.8 Å². The molecule has 0 saturated carbocycles. The summed E-state index contributed by atoms with van der Waals surface area (Å²) in [6, 6.07) is 6.60. The Morgan fingerprint density at radius 3 is 2.37 bits per heavy atom. The number of benzene rings is 1. The average Bonchev–Trinajstić information content (AvgIpc) is 3.03. The number of rotatable bonds is 1. The van der Waals surface area contributed by atoms with Gasteiger partial charge in [-0.3, -0.25) is 4.79 Å². The van der Waals surface area contributed by atoms with Crippen molar-refractivity contribution in [1.29, 1.82) is 0 Å². The molecule has 0 radical (unpaired) electrons. The van der Waals surface area contributed by atoms with Gasteiger partial charge < -0.3 is 31.8 Å². The van der Waals surface area contributed by atoms with Crippen LogP contribution in [-0.4, -0.2) is 82.5 Å². The number of nitrogens with zero attached hydrogens (tertiary/aromatic N) is 4. The number of nitrogens with one attached hydrogen (secondary N) is 1. The first-order chi connectivity index (χ1) is 10.2. The topological polar surface area (TPSA) is 255 Å². The maximum absolute atomic E-state index is 12.5. The monoisotopic (exact) mass is 413 g/mol. The van der Waals surface area contributed by atoms with E-state index < -0.39 is 0 Å². The third-order valence-electron chi connectivity index (χ3n) is 3.12. The molecule has 4 aromatic rings. The Kier molecular flexibility index (Phi) is 12.8. The summed E-state index contributed by atoms with van der Waals surface area (Å²) >= 11 is 6.21. The molecule has 0 bridgehead atoms. The first-order valence-corrected chi connectivity index (χ1v) is 6.37. The number of aromatic amines is 1. The molecule has 144 valence electrons. The van der Waals surface area contributed by atoms with E-state index in [1.54, 1.807) is 30.5 Å². The summed E-state index contributed by atoms with van der Waals surface area (Å²) in [5.41, 5.74) is 0.957. The quantitative estimate of drug-likeness (QED) is 0.258. The van der Waals surface area contributed by atoms with Crippen LogP contribution < -0.4 is 5.43 Å². The summed E-state index contributed by atoms with van der Waals surface area (Å²) < 4.78 is 5.63. The fraction of sp³-hybridized carbons (Fsp3) is 0. The molecule has 0 aliphatic heterocycles. The van der Waals surface area contributed by atoms with Crippen LogP contribution in [0.2, 0.25) is 5.02 Å². The zero-order valence-electron chi connectivity index (χ0n) is 12.9. The van der Waals surface area contributed by atoms with Crippen molar-refractivity contribution in [2.24, 2.45) is 0 Å². The van der Waals surface area contributed by atoms with E-state index in [1.165, 1.54) is 0 Å². The molecule has 0 saturated heterocycles. The molecule has 0 aliphatic rings. The van der Waals surface area contributed by atoms with Gasteiger partial charge in [-0.2, -0.15) is 0 Å². The molecule has 0 fully saturated rings. The fourth-order valence-corrected chi connectivity index (χ4v) is 2.43. The Morgan fingerprint density at radius 1 is 1.04 bits per heavy atom. The van der Waals surface area contributed by atoms with E-state index in [0.29, 0.717) is 32.8 Å². The SMILES string of the molecule is O.O.O.O.O.O=c1c2cccnc2oc2c(Cl)cc(-c3nnn[nH]3)cc12.[NaH]. The Bertz CT molecular complexity index is 1040. The molecule has 0 spiro atoms. The standard InChI is InChI=1S/C13H6ClN5O2.Na.5H2O.H/c14-9-5-6(12-16-18-19-17-12)4-8-10(20)7-2-1-3-15-13(7)21-11(8)9;;;;;;;/h1-5H,(H,16,17,18,19);;5*1H2;. The maximum atomic E-state index is 12.5. The van der Waals surface area contributed by atoms with E-state index in [2.05, 4.69) is 25.6 Å². The molecule has 12 nitrogen and oxygen atoms in total. The molecule has 0 aliphatic carbocycles. The zero-order valence-corrected chi connectivity index (χ0v) is 13.6. The van der Waals surface area contributed by atoms with E-state index >= 15 is 0 Å². The van der Waals surface area contributed by atoms with Crippen molar-refractivity contribution in [3.8, 4) is 11.4 Å². The fourth-order valence-electron chi connectivity index (χ4n) is 2.17. The minimum atomic E-state index is -0.199. The number of tetrazole rings is 1. The molecule has 1 aromatic carbocycles. The number of fused-ring (bicyclic) bond motifs is 2. The second-order valence-corrected chi connectivity index (χ2v) is 4.78. The summed E-state index contributed by atoms with van der Waals surface area (Å²) in [5.74, 6) is 0.421. The van der Waals surface area contributed by atoms with E-state index in [9.17, 15) is 4.79 Å². The second kappa shape index (κ2) is 11.7. The third-order valence-corrected chi connectivity index (χ3v) is 3.40. The number of halogens is 1. The van der Waals surface area contributed by atoms with Gasteiger partial charge in [-0.05, 0) is 34.7 Å². The van der Waals surface area contributed by atoms with Crippen LogP contribution in [0.3, 0.4) is 0 Å². The van der Waals surface area contributed by atoms with Gasteiger partial charge in [-0.15, -0.1) is 5.10 Å². The second-order valence-electron chi connectivity index (χ2n) is 4.37. The summed E-state index contributed by atoms with van der Waals surface area (Å²) in [7, 11) is 0. The summed E-state index contributed by atoms with van der Waals surface area (Å²) in [6.07, 6.45) is 1.56. The molecule has 4 rings (SSSR count). The van der Waals surface area contributed by atoms with Gasteiger partial charge >= 0.3 is 29.6 Å². The average molecular weight is 414 g/mol. The van der Waals surface area contributed by atoms with Crippen LogP contribution in [0.25, 0.3) is 33.5 Å². The van der Waals surface area contributed by atoms with Crippen LogP contribution >= 0.6 is 11.6 Å². The molecule has 27 heavy (non-hydrogen) atoms. The van der Waals surface area contributed by atoms with Gasteiger partial charge in [0.25, 0.3) is 0 Å². The molecular formula is C13H17ClN5NaO7. The number of pyridine rings is 1. The van der Waals surface area contributed by atoms with Gasteiger partial charge in [0.2, 0.25) is 11.1 Å². The van der Waals surface area contributed by atoms with Crippen molar-refractivity contribution in [2.75, 3.05) is 0 Å². The Balaban J connectivity index is -0.000000960. The number of hydrogen-bond donors (Lipinski definition) is 1. The first kappa shape index (κ1) is 29.8. The van der Waals surface area contributed by atoms with Crippen molar-refractivity contribution < 1.29 is 31.8 Å². The van der Waals surface area contributed by atoms with Crippen molar-refractivity contribution in [1.82, 2.24) is 25.6 Å². The zero-order chi connectivity index (χ0) is 14.4. The van der Waals surface area contributed by atoms with E-state index in [4.69, 9.17) is 16.0 Å². The van der Waals surface area contributed by atoms with Gasteiger partial charge in [-0.1, -0.05) is 11.6 Å². The van der Waals surface area contributed by atoms with Crippen molar-refractivity contribution in [2.45, 2.75) is 0 Å². The van der Waals surface area contributed by atoms with E-state index in [-0.39, 0.29) is 68.1 Å². The van der Waals surface area contributed by atoms with Gasteiger partial charge in [0, 0.05) is 11.8 Å². The number of H-pyrrole nitrogens is 1. The summed E-state index contributed by atoms with van der Waals surface area (Å²) in [6.45, 7) is 0. The van der Waals surface area contributed by atoms with Gasteiger partial charge in [0.15, 0.2) is 11.4 Å². The van der Waals surface area contributed by atoms with E-state index in [0.717, 1.165) is 0 Å². The molecule has 0 amide bonds. The van der Waals surface area contributed by atoms with Crippen LogP contribution in [-0.2, 0) is 0 Å². The predicted molar refractivity (Wildman–Crippen MR) is 101 cm³/mol. The van der Waals surface area contributed by atoms with Crippen molar-refractivity contribution in [3.05, 3.63) is 45.7 Å². The molecule has 3 heterocycles. The van der Waals surface area contributed by atoms with Crippen LogP contribution in [0.15, 0.2) is 39.7 Å². The Hall–Kier alpha value is -2.00. The summed E-state index contributed by atoms with van der Waals surface area (Å²) in [5, 5.41) is 14.5. The molecule has 14 heteroatoms. The predicted octanol–water partition coefficient (Wildman–Crippen LogP) is -2.60. The van der Waals surface area contributed by atoms with Crippen molar-refractivity contribution >= 4 is 63.2 Å². The Labute approximate surface area is 177 Å². The molecule has 0 unspecified atom stereocenters. The van der Waals surface area contributed by atoms with Crippen LogP contribution in [0.4, 0.5) is 0 Å². The molecular weight excluding hydrogens is 397 g/mol. The van der Waals surface area contributed by atoms with Crippen LogP contribution in [0, 0.1) is 0 Å². The molecule has 0 atom stereocenters. The minimum absolute atomic E-state index is 0. The van der Waals surface area contributed by atoms with Crippen LogP contribution in [0.1, 0.15) is 0 Å². The molecule has 3 aromatic heterocycles. The normalized spacial score (nSPS) is 8.78. The first-order valence-electron chi connectivity index (χ1n) is 5.99. The third kappa shape index (κ3) is 5.04. The summed E-state index contributed by atoms with van der Waals surface area (Å²) in [4.78, 5) is 16.6.